The highest BCUT2D eigenvalue weighted by molar-refractivity contribution is 5.40. The molecule has 1 aliphatic rings. The van der Waals surface area contributed by atoms with Gasteiger partial charge >= 0.3 is 0 Å². The van der Waals surface area contributed by atoms with E-state index < -0.39 is 0 Å². The quantitative estimate of drug-likeness (QED) is 0.724. The maximum Gasteiger partial charge on any atom is 0.141 e. The van der Waals surface area contributed by atoms with Gasteiger partial charge in [-0.05, 0) is 19.3 Å². The van der Waals surface area contributed by atoms with Crippen LogP contribution in [0.4, 0.5) is 0 Å². The molecule has 0 amide bonds. The van der Waals surface area contributed by atoms with Crippen molar-refractivity contribution in [2.75, 3.05) is 0 Å². The topological polar surface area (TPSA) is 65.4 Å². The summed E-state index contributed by atoms with van der Waals surface area (Å²) in [6, 6.07) is 0.569. The van der Waals surface area contributed by atoms with Crippen LogP contribution >= 0.6 is 0 Å². The fourth-order valence-corrected chi connectivity index (χ4v) is 2.20. The Balaban J connectivity index is 2.06. The van der Waals surface area contributed by atoms with Crippen LogP contribution < -0.4 is 5.32 Å². The lowest BCUT2D eigenvalue weighted by molar-refractivity contribution is 0.278. The van der Waals surface area contributed by atoms with Crippen LogP contribution in [0, 0.1) is 12.8 Å². The lowest BCUT2D eigenvalue weighted by Crippen LogP contribution is -2.19. The van der Waals surface area contributed by atoms with Crippen molar-refractivity contribution in [2.24, 2.45) is 5.92 Å². The lowest BCUT2D eigenvalue weighted by atomic mass is 10.1. The molecule has 0 spiro atoms. The van der Waals surface area contributed by atoms with Crippen LogP contribution in [0.25, 0.3) is 0 Å². The molecule has 1 fully saturated rings. The second kappa shape index (κ2) is 5.02. The van der Waals surface area contributed by atoms with Crippen LogP contribution in [0.15, 0.2) is 6.20 Å². The number of nitrogens with zero attached hydrogens (tertiary/aromatic N) is 1. The Morgan fingerprint density at radius 2 is 2.29 bits per heavy atom. The number of aromatic nitrogens is 1. The zero-order valence-electron chi connectivity index (χ0n) is 10.4. The Bertz CT molecular complexity index is 407. The summed E-state index contributed by atoms with van der Waals surface area (Å²) in [5.41, 5.74) is 2.10. The molecule has 2 unspecified atom stereocenters. The highest BCUT2D eigenvalue weighted by atomic mass is 16.3. The van der Waals surface area contributed by atoms with E-state index in [9.17, 15) is 10.2 Å². The monoisotopic (exact) mass is 236 g/mol. The molecule has 2 atom stereocenters. The molecule has 0 aromatic carbocycles. The number of nitrogens with one attached hydrogen (secondary N) is 1. The molecule has 17 heavy (non-hydrogen) atoms. The minimum absolute atomic E-state index is 0.0836. The average molecular weight is 236 g/mol. The zero-order chi connectivity index (χ0) is 12.4. The Morgan fingerprint density at radius 1 is 1.53 bits per heavy atom. The van der Waals surface area contributed by atoms with Gasteiger partial charge in [-0.1, -0.05) is 13.3 Å². The van der Waals surface area contributed by atoms with E-state index in [-0.39, 0.29) is 12.4 Å². The van der Waals surface area contributed by atoms with Crippen molar-refractivity contribution in [3.8, 4) is 5.75 Å². The number of pyridine rings is 1. The van der Waals surface area contributed by atoms with Gasteiger partial charge in [0.2, 0.25) is 0 Å². The first kappa shape index (κ1) is 12.3. The van der Waals surface area contributed by atoms with Crippen molar-refractivity contribution < 1.29 is 10.2 Å². The molecule has 1 heterocycles. The highest BCUT2D eigenvalue weighted by Gasteiger charge is 2.34. The SMILES string of the molecule is CCC1CC1NCc1c(CO)cnc(C)c1O. The summed E-state index contributed by atoms with van der Waals surface area (Å²) in [5.74, 6) is 0.982. The van der Waals surface area contributed by atoms with E-state index in [0.717, 1.165) is 11.5 Å². The molecule has 0 bridgehead atoms. The van der Waals surface area contributed by atoms with Crippen LogP contribution in [0.2, 0.25) is 0 Å². The molecule has 4 heteroatoms. The molecular formula is C13H20N2O2. The van der Waals surface area contributed by atoms with E-state index in [1.165, 1.54) is 12.8 Å². The van der Waals surface area contributed by atoms with E-state index in [2.05, 4.69) is 17.2 Å². The second-order valence-electron chi connectivity index (χ2n) is 4.75. The van der Waals surface area contributed by atoms with Crippen molar-refractivity contribution in [2.45, 2.75) is 45.9 Å². The minimum atomic E-state index is -0.0836. The van der Waals surface area contributed by atoms with Crippen molar-refractivity contribution in [1.29, 1.82) is 0 Å². The van der Waals surface area contributed by atoms with Gasteiger partial charge < -0.3 is 15.5 Å². The summed E-state index contributed by atoms with van der Waals surface area (Å²) in [6.07, 6.45) is 4.05. The molecule has 0 aliphatic heterocycles. The molecule has 2 rings (SSSR count). The average Bonchev–Trinajstić information content (AvgIpc) is 3.09. The predicted molar refractivity (Wildman–Crippen MR) is 65.6 cm³/mol. The Kier molecular flexibility index (Phi) is 3.64. The predicted octanol–water partition coefficient (Wildman–Crippen LogP) is 1.48. The van der Waals surface area contributed by atoms with Crippen LogP contribution in [0.5, 0.6) is 5.75 Å². The third-order valence-corrected chi connectivity index (χ3v) is 3.59. The van der Waals surface area contributed by atoms with Gasteiger partial charge in [0.1, 0.15) is 5.75 Å². The summed E-state index contributed by atoms with van der Waals surface area (Å²) in [7, 11) is 0. The molecular weight excluding hydrogens is 216 g/mol. The van der Waals surface area contributed by atoms with Gasteiger partial charge in [0.15, 0.2) is 0 Å². The fourth-order valence-electron chi connectivity index (χ4n) is 2.20. The Hall–Kier alpha value is -1.13. The number of aromatic hydroxyl groups is 1. The molecule has 0 saturated heterocycles. The first-order valence-corrected chi connectivity index (χ1v) is 6.17. The molecule has 1 aliphatic carbocycles. The summed E-state index contributed by atoms with van der Waals surface area (Å²) in [5, 5.41) is 22.6. The zero-order valence-corrected chi connectivity index (χ0v) is 10.4. The maximum atomic E-state index is 9.95. The highest BCUT2D eigenvalue weighted by Crippen LogP contribution is 2.34. The lowest BCUT2D eigenvalue weighted by Gasteiger charge is -2.12. The van der Waals surface area contributed by atoms with Crippen LogP contribution in [-0.4, -0.2) is 21.2 Å². The molecule has 94 valence electrons. The van der Waals surface area contributed by atoms with E-state index in [1.54, 1.807) is 13.1 Å². The Morgan fingerprint density at radius 3 is 2.88 bits per heavy atom. The van der Waals surface area contributed by atoms with Crippen molar-refractivity contribution in [1.82, 2.24) is 10.3 Å². The van der Waals surface area contributed by atoms with Crippen molar-refractivity contribution in [3.05, 3.63) is 23.0 Å². The first-order valence-electron chi connectivity index (χ1n) is 6.17. The van der Waals surface area contributed by atoms with Crippen LogP contribution in [-0.2, 0) is 13.2 Å². The Labute approximate surface area is 102 Å². The van der Waals surface area contributed by atoms with Crippen molar-refractivity contribution >= 4 is 0 Å². The summed E-state index contributed by atoms with van der Waals surface area (Å²) in [6.45, 7) is 4.48. The third-order valence-electron chi connectivity index (χ3n) is 3.59. The first-order chi connectivity index (χ1) is 8.17. The number of aryl methyl sites for hydroxylation is 1. The summed E-state index contributed by atoms with van der Waals surface area (Å²) in [4.78, 5) is 4.05. The maximum absolute atomic E-state index is 9.95. The standard InChI is InChI=1S/C13H20N2O2/c1-3-9-4-12(9)15-6-11-10(7-16)5-14-8(2)13(11)17/h5,9,12,15-17H,3-4,6-7H2,1-2H3. The normalized spacial score (nSPS) is 22.8. The molecule has 0 radical (unpaired) electrons. The van der Waals surface area contributed by atoms with Gasteiger partial charge in [0.25, 0.3) is 0 Å². The van der Waals surface area contributed by atoms with Crippen molar-refractivity contribution in [3.63, 3.8) is 0 Å². The van der Waals surface area contributed by atoms with E-state index in [1.807, 2.05) is 0 Å². The molecule has 1 saturated carbocycles. The summed E-state index contributed by atoms with van der Waals surface area (Å²) >= 11 is 0. The summed E-state index contributed by atoms with van der Waals surface area (Å²) < 4.78 is 0. The smallest absolute Gasteiger partial charge is 0.141 e. The fraction of sp³-hybridized carbons (Fsp3) is 0.615. The molecule has 1 aromatic rings. The van der Waals surface area contributed by atoms with Crippen LogP contribution in [0.1, 0.15) is 36.6 Å². The number of hydrogen-bond acceptors (Lipinski definition) is 4. The number of aliphatic hydroxyl groups is 1. The number of aliphatic hydroxyl groups excluding tert-OH is 1. The van der Waals surface area contributed by atoms with E-state index in [0.29, 0.717) is 23.8 Å². The number of rotatable bonds is 5. The van der Waals surface area contributed by atoms with Gasteiger partial charge in [-0.15, -0.1) is 0 Å². The molecule has 1 aromatic heterocycles. The number of hydrogen-bond donors (Lipinski definition) is 3. The van der Waals surface area contributed by atoms with E-state index in [4.69, 9.17) is 0 Å². The van der Waals surface area contributed by atoms with E-state index >= 15 is 0 Å². The van der Waals surface area contributed by atoms with Gasteiger partial charge in [-0.3, -0.25) is 4.98 Å². The van der Waals surface area contributed by atoms with Gasteiger partial charge in [0, 0.05) is 29.9 Å². The molecule has 4 nitrogen and oxygen atoms in total. The van der Waals surface area contributed by atoms with Gasteiger partial charge in [-0.2, -0.15) is 0 Å². The largest absolute Gasteiger partial charge is 0.506 e. The van der Waals surface area contributed by atoms with Gasteiger partial charge in [-0.25, -0.2) is 0 Å². The third kappa shape index (κ3) is 2.58. The molecule has 3 N–H and O–H groups in total. The van der Waals surface area contributed by atoms with Crippen LogP contribution in [0.3, 0.4) is 0 Å². The minimum Gasteiger partial charge on any atom is -0.506 e. The second-order valence-corrected chi connectivity index (χ2v) is 4.75. The van der Waals surface area contributed by atoms with Gasteiger partial charge in [0.05, 0.1) is 12.3 Å².